The van der Waals surface area contributed by atoms with E-state index in [0.29, 0.717) is 0 Å². The molecule has 3 atom stereocenters. The number of carboxylic acid groups (broad SMARTS) is 2. The van der Waals surface area contributed by atoms with Gasteiger partial charge in [-0.25, -0.2) is 4.79 Å². The highest BCUT2D eigenvalue weighted by atomic mass is 16.6. The summed E-state index contributed by atoms with van der Waals surface area (Å²) < 4.78 is 5.02. The number of quaternary nitrogens is 1. The fourth-order valence-electron chi connectivity index (χ4n) is 1.44. The highest BCUT2D eigenvalue weighted by Crippen LogP contribution is 2.08. The molecule has 0 amide bonds. The first-order valence-corrected chi connectivity index (χ1v) is 5.73. The van der Waals surface area contributed by atoms with Gasteiger partial charge in [-0.05, 0) is 0 Å². The predicted octanol–water partition coefficient (Wildman–Crippen LogP) is -3.45. The zero-order valence-corrected chi connectivity index (χ0v) is 11.5. The molecule has 0 radical (unpaired) electrons. The number of aliphatic hydroxyl groups is 2. The summed E-state index contributed by atoms with van der Waals surface area (Å²) in [5, 5.41) is 37.2. The van der Waals surface area contributed by atoms with Gasteiger partial charge in [-0.15, -0.1) is 0 Å². The molecule has 0 aliphatic heterocycles. The van der Waals surface area contributed by atoms with Crippen LogP contribution in [0.5, 0.6) is 0 Å². The summed E-state index contributed by atoms with van der Waals surface area (Å²) in [7, 11) is 5.19. The smallest absolute Gasteiger partial charge is 0.338 e. The summed E-state index contributed by atoms with van der Waals surface area (Å²) >= 11 is 0. The average molecular weight is 293 g/mol. The number of hydrogen-bond donors (Lipinski definition) is 3. The number of carbonyl (C=O) groups excluding carboxylic acids is 2. The summed E-state index contributed by atoms with van der Waals surface area (Å²) in [6.45, 7) is 0.131. The molecular weight excluding hydrogens is 274 g/mol. The van der Waals surface area contributed by atoms with Gasteiger partial charge >= 0.3 is 11.9 Å². The Bertz CT molecular complexity index is 375. The number of nitrogens with zero attached hydrogens (tertiary/aromatic N) is 1. The van der Waals surface area contributed by atoms with E-state index in [1.807, 2.05) is 0 Å². The minimum atomic E-state index is -2.43. The zero-order chi connectivity index (χ0) is 16.1. The Morgan fingerprint density at radius 3 is 2.00 bits per heavy atom. The van der Waals surface area contributed by atoms with Crippen LogP contribution in [-0.4, -0.2) is 83.7 Å². The Kier molecular flexibility index (Phi) is 6.56. The van der Waals surface area contributed by atoms with E-state index < -0.39 is 42.6 Å². The van der Waals surface area contributed by atoms with Crippen LogP contribution in [0.4, 0.5) is 0 Å². The standard InChI is InChI=1S/C11H19NO8/c1-12(2,3)5-6(4-7(13)14)20-11(19)9(16)8(15)10(17)18/h6,8-9,15-16H,4-5H2,1-3H3,(H-,13,14,17,18)/t6-,8?,9?/m0/s1. The Hall–Kier alpha value is -1.71. The molecule has 116 valence electrons. The number of rotatable bonds is 8. The third-order valence-corrected chi connectivity index (χ3v) is 2.22. The SMILES string of the molecule is C[N+](C)(C)C[C@H](CC(=O)O)OC(=O)C(O)C(O)C(=O)[O-]. The van der Waals surface area contributed by atoms with E-state index in [0.717, 1.165) is 0 Å². The molecule has 9 heteroatoms. The molecule has 0 aliphatic rings. The average Bonchev–Trinajstić information content (AvgIpc) is 2.23. The molecular formula is C11H19NO8. The van der Waals surface area contributed by atoms with Crippen LogP contribution in [0.1, 0.15) is 6.42 Å². The summed E-state index contributed by atoms with van der Waals surface area (Å²) in [6.07, 6.45) is -6.33. The van der Waals surface area contributed by atoms with Gasteiger partial charge in [0.05, 0.1) is 33.5 Å². The molecule has 0 saturated heterocycles. The van der Waals surface area contributed by atoms with Crippen molar-refractivity contribution in [2.75, 3.05) is 27.7 Å². The fourth-order valence-corrected chi connectivity index (χ4v) is 1.44. The van der Waals surface area contributed by atoms with Crippen LogP contribution in [-0.2, 0) is 19.1 Å². The van der Waals surface area contributed by atoms with Gasteiger partial charge in [0.25, 0.3) is 0 Å². The lowest BCUT2D eigenvalue weighted by molar-refractivity contribution is -0.873. The van der Waals surface area contributed by atoms with Gasteiger partial charge in [0, 0.05) is 0 Å². The molecule has 0 aromatic rings. The van der Waals surface area contributed by atoms with Gasteiger partial charge in [0.15, 0.2) is 12.2 Å². The highest BCUT2D eigenvalue weighted by Gasteiger charge is 2.31. The van der Waals surface area contributed by atoms with Crippen LogP contribution in [0, 0.1) is 0 Å². The Morgan fingerprint density at radius 1 is 1.15 bits per heavy atom. The molecule has 9 nitrogen and oxygen atoms in total. The van der Waals surface area contributed by atoms with Crippen molar-refractivity contribution in [2.45, 2.75) is 24.7 Å². The van der Waals surface area contributed by atoms with E-state index in [1.165, 1.54) is 0 Å². The molecule has 0 rings (SSSR count). The molecule has 2 unspecified atom stereocenters. The van der Waals surface area contributed by atoms with Gasteiger partial charge in [-0.1, -0.05) is 0 Å². The van der Waals surface area contributed by atoms with Crippen molar-refractivity contribution < 1.29 is 44.0 Å². The fraction of sp³-hybridized carbons (Fsp3) is 0.727. The number of carbonyl (C=O) groups is 3. The third-order valence-electron chi connectivity index (χ3n) is 2.22. The maximum atomic E-state index is 11.4. The number of esters is 1. The first kappa shape index (κ1) is 18.3. The minimum absolute atomic E-state index is 0.131. The van der Waals surface area contributed by atoms with Gasteiger partial charge < -0.3 is 34.4 Å². The Morgan fingerprint density at radius 2 is 1.65 bits per heavy atom. The summed E-state index contributed by atoms with van der Waals surface area (Å²) in [4.78, 5) is 32.4. The summed E-state index contributed by atoms with van der Waals surface area (Å²) in [5.41, 5.74) is 0. The molecule has 0 heterocycles. The predicted molar refractivity (Wildman–Crippen MR) is 62.1 cm³/mol. The topological polar surface area (TPSA) is 144 Å². The van der Waals surface area contributed by atoms with E-state index in [9.17, 15) is 24.6 Å². The first-order chi connectivity index (χ1) is 8.94. The van der Waals surface area contributed by atoms with Crippen LogP contribution in [0.15, 0.2) is 0 Å². The van der Waals surface area contributed by atoms with Crippen molar-refractivity contribution >= 4 is 17.9 Å². The molecule has 0 bridgehead atoms. The second-order valence-corrected chi connectivity index (χ2v) is 5.34. The number of ether oxygens (including phenoxy) is 1. The van der Waals surface area contributed by atoms with E-state index in [-0.39, 0.29) is 11.0 Å². The molecule has 3 N–H and O–H groups in total. The van der Waals surface area contributed by atoms with Crippen molar-refractivity contribution in [2.24, 2.45) is 0 Å². The maximum Gasteiger partial charge on any atom is 0.338 e. The third kappa shape index (κ3) is 7.02. The summed E-state index contributed by atoms with van der Waals surface area (Å²) in [5.74, 6) is -4.66. The van der Waals surface area contributed by atoms with Crippen LogP contribution in [0.3, 0.4) is 0 Å². The molecule has 0 aliphatic carbocycles. The second kappa shape index (κ2) is 7.17. The highest BCUT2D eigenvalue weighted by molar-refractivity contribution is 5.83. The van der Waals surface area contributed by atoms with Gasteiger partial charge in [0.1, 0.15) is 12.6 Å². The molecule has 0 saturated carbocycles. The lowest BCUT2D eigenvalue weighted by Gasteiger charge is -2.29. The van der Waals surface area contributed by atoms with Crippen molar-refractivity contribution in [3.8, 4) is 0 Å². The second-order valence-electron chi connectivity index (χ2n) is 5.34. The van der Waals surface area contributed by atoms with Crippen LogP contribution in [0.2, 0.25) is 0 Å². The number of aliphatic hydroxyl groups excluding tert-OH is 2. The van der Waals surface area contributed by atoms with Crippen molar-refractivity contribution in [3.63, 3.8) is 0 Å². The van der Waals surface area contributed by atoms with Crippen LogP contribution >= 0.6 is 0 Å². The van der Waals surface area contributed by atoms with E-state index in [2.05, 4.69) is 0 Å². The number of aliphatic carboxylic acids is 2. The maximum absolute atomic E-state index is 11.4. The van der Waals surface area contributed by atoms with E-state index in [4.69, 9.17) is 14.9 Å². The largest absolute Gasteiger partial charge is 0.547 e. The van der Waals surface area contributed by atoms with Crippen molar-refractivity contribution in [1.82, 2.24) is 0 Å². The van der Waals surface area contributed by atoms with Gasteiger partial charge in [-0.3, -0.25) is 4.79 Å². The lowest BCUT2D eigenvalue weighted by atomic mass is 10.2. The van der Waals surface area contributed by atoms with Crippen LogP contribution in [0.25, 0.3) is 0 Å². The van der Waals surface area contributed by atoms with Crippen LogP contribution < -0.4 is 5.11 Å². The number of carboxylic acids is 2. The van der Waals surface area contributed by atoms with Crippen molar-refractivity contribution in [1.29, 1.82) is 0 Å². The molecule has 0 aromatic carbocycles. The molecule has 0 spiro atoms. The molecule has 0 fully saturated rings. The Balaban J connectivity index is 4.76. The van der Waals surface area contributed by atoms with Gasteiger partial charge in [0.2, 0.25) is 0 Å². The zero-order valence-electron chi connectivity index (χ0n) is 11.5. The lowest BCUT2D eigenvalue weighted by Crippen LogP contribution is -2.50. The van der Waals surface area contributed by atoms with Crippen molar-refractivity contribution in [3.05, 3.63) is 0 Å². The van der Waals surface area contributed by atoms with Gasteiger partial charge in [-0.2, -0.15) is 0 Å². The minimum Gasteiger partial charge on any atom is -0.547 e. The quantitative estimate of drug-likeness (QED) is 0.309. The summed E-state index contributed by atoms with van der Waals surface area (Å²) in [6, 6.07) is 0. The van der Waals surface area contributed by atoms with E-state index in [1.54, 1.807) is 21.1 Å². The number of likely N-dealkylation sites (N-methyl/N-ethyl adjacent to an activating group) is 1. The molecule has 0 aromatic heterocycles. The first-order valence-electron chi connectivity index (χ1n) is 5.73. The molecule has 20 heavy (non-hydrogen) atoms. The number of hydrogen-bond acceptors (Lipinski definition) is 7. The Labute approximate surface area is 115 Å². The van der Waals surface area contributed by atoms with E-state index >= 15 is 0 Å². The monoisotopic (exact) mass is 293 g/mol. The normalized spacial score (nSPS) is 16.1.